The van der Waals surface area contributed by atoms with Crippen LogP contribution >= 0.6 is 0 Å². The monoisotopic (exact) mass is 717 g/mol. The molecule has 0 bridgehead atoms. The van der Waals surface area contributed by atoms with Crippen molar-refractivity contribution in [2.75, 3.05) is 32.7 Å². The van der Waals surface area contributed by atoms with E-state index in [-0.39, 0.29) is 11.9 Å². The molecule has 0 radical (unpaired) electrons. The lowest BCUT2D eigenvalue weighted by Crippen LogP contribution is -2.44. The van der Waals surface area contributed by atoms with E-state index in [1.165, 1.54) is 0 Å². The number of ether oxygens (including phenoxy) is 3. The van der Waals surface area contributed by atoms with Crippen LogP contribution in [-0.2, 0) is 25.0 Å². The smallest absolute Gasteiger partial charge is 0.410 e. The molecule has 5 aromatic rings. The molecule has 9 nitrogen and oxygen atoms in total. The van der Waals surface area contributed by atoms with Crippen molar-refractivity contribution in [3.63, 3.8) is 0 Å². The van der Waals surface area contributed by atoms with Crippen molar-refractivity contribution in [1.82, 2.24) is 24.6 Å². The molecule has 1 saturated heterocycles. The summed E-state index contributed by atoms with van der Waals surface area (Å²) in [5.41, 5.74) is 4.87. The van der Waals surface area contributed by atoms with Crippen molar-refractivity contribution in [3.8, 4) is 23.0 Å². The van der Waals surface area contributed by atoms with Crippen molar-refractivity contribution >= 4 is 22.6 Å². The molecule has 0 atom stereocenters. The second kappa shape index (κ2) is 15.8. The maximum Gasteiger partial charge on any atom is 0.410 e. The minimum Gasteiger partial charge on any atom is -0.473 e. The molecule has 7 rings (SSSR count). The summed E-state index contributed by atoms with van der Waals surface area (Å²) in [6.07, 6.45) is 4.61. The van der Waals surface area contributed by atoms with E-state index in [4.69, 9.17) is 24.3 Å². The number of nitrogens with zero attached hydrogens (tertiary/aromatic N) is 5. The summed E-state index contributed by atoms with van der Waals surface area (Å²) in [5, 5.41) is 5.50. The van der Waals surface area contributed by atoms with Crippen LogP contribution in [0.4, 0.5) is 9.18 Å². The van der Waals surface area contributed by atoms with E-state index in [1.807, 2.05) is 111 Å². The van der Waals surface area contributed by atoms with Crippen molar-refractivity contribution in [2.45, 2.75) is 58.8 Å². The molecule has 0 unspecified atom stereocenters. The largest absolute Gasteiger partial charge is 0.473 e. The summed E-state index contributed by atoms with van der Waals surface area (Å²) in [6, 6.07) is 27.4. The molecule has 4 heterocycles. The Morgan fingerprint density at radius 1 is 0.849 bits per heavy atom. The Morgan fingerprint density at radius 2 is 1.51 bits per heavy atom. The summed E-state index contributed by atoms with van der Waals surface area (Å²) in [5.74, 6) is 1.04. The van der Waals surface area contributed by atoms with Gasteiger partial charge < -0.3 is 19.1 Å². The molecule has 3 aromatic carbocycles. The summed E-state index contributed by atoms with van der Waals surface area (Å²) < 4.78 is 36.0. The van der Waals surface area contributed by atoms with E-state index in [0.29, 0.717) is 58.6 Å². The normalized spacial score (nSPS) is 15.7. The van der Waals surface area contributed by atoms with Crippen LogP contribution in [0.25, 0.3) is 27.7 Å². The number of likely N-dealkylation sites (tertiary alicyclic amines) is 1. The Bertz CT molecular complexity index is 2070. The highest BCUT2D eigenvalue weighted by Crippen LogP contribution is 2.38. The van der Waals surface area contributed by atoms with Crippen molar-refractivity contribution < 1.29 is 23.4 Å². The van der Waals surface area contributed by atoms with Gasteiger partial charge in [-0.05, 0) is 74.8 Å². The van der Waals surface area contributed by atoms with Crippen LogP contribution in [-0.4, -0.2) is 69.0 Å². The first kappa shape index (κ1) is 36.2. The zero-order valence-corrected chi connectivity index (χ0v) is 31.1. The molecule has 2 aromatic heterocycles. The third-order valence-electron chi connectivity index (χ3n) is 9.90. The van der Waals surface area contributed by atoms with Gasteiger partial charge in [-0.3, -0.25) is 9.58 Å². The number of piperidine rings is 1. The summed E-state index contributed by atoms with van der Waals surface area (Å²) in [4.78, 5) is 21.5. The zero-order chi connectivity index (χ0) is 37.0. The second-order valence-corrected chi connectivity index (χ2v) is 15.0. The average Bonchev–Trinajstić information content (AvgIpc) is 3.50. The van der Waals surface area contributed by atoms with Crippen molar-refractivity contribution in [1.29, 1.82) is 0 Å². The number of carbonyl (C=O) groups excluding carboxylic acids is 1. The summed E-state index contributed by atoms with van der Waals surface area (Å²) in [6.45, 7) is 10.4. The van der Waals surface area contributed by atoms with Crippen molar-refractivity contribution in [2.24, 2.45) is 13.0 Å². The van der Waals surface area contributed by atoms with Gasteiger partial charge >= 0.3 is 6.09 Å². The molecule has 53 heavy (non-hydrogen) atoms. The second-order valence-electron chi connectivity index (χ2n) is 15.0. The molecular formula is C43H48FN5O4. The van der Waals surface area contributed by atoms with Crippen LogP contribution in [0.5, 0.6) is 11.8 Å². The first-order valence-corrected chi connectivity index (χ1v) is 18.5. The molecule has 276 valence electrons. The Labute approximate surface area is 311 Å². The van der Waals surface area contributed by atoms with Gasteiger partial charge in [-0.15, -0.1) is 0 Å². The molecule has 2 aliphatic rings. The third-order valence-corrected chi connectivity index (χ3v) is 9.90. The van der Waals surface area contributed by atoms with E-state index in [1.54, 1.807) is 11.7 Å². The first-order chi connectivity index (χ1) is 25.6. The molecule has 0 saturated carbocycles. The van der Waals surface area contributed by atoms with Gasteiger partial charge in [-0.25, -0.2) is 9.18 Å². The van der Waals surface area contributed by atoms with Crippen LogP contribution in [0.2, 0.25) is 0 Å². The molecule has 0 spiro atoms. The highest BCUT2D eigenvalue weighted by atomic mass is 19.1. The standard InChI is InChI=1S/C43H48FN5O4/c1-43(2,3)53-42(50)49-25-19-30(20-26-49)27-48-23-21-33(22-24-48)34-15-16-35-39(46-47(4)40(35)38(34)44)36-17-18-37(51-28-31-11-7-5-8-12-31)45-41(36)52-29-32-13-9-6-10-14-32/h5-18,21,30H,19-20,22-29H2,1-4H3. The minimum atomic E-state index is -0.488. The van der Waals surface area contributed by atoms with Gasteiger partial charge in [0.2, 0.25) is 11.8 Å². The number of aromatic nitrogens is 3. The molecular weight excluding hydrogens is 670 g/mol. The molecule has 1 amide bonds. The number of carbonyl (C=O) groups is 1. The Hall–Kier alpha value is -5.22. The zero-order valence-electron chi connectivity index (χ0n) is 31.1. The fraction of sp³-hybridized carbons (Fsp3) is 0.372. The van der Waals surface area contributed by atoms with Gasteiger partial charge in [-0.2, -0.15) is 10.1 Å². The summed E-state index contributed by atoms with van der Waals surface area (Å²) in [7, 11) is 1.78. The Morgan fingerprint density at radius 3 is 2.15 bits per heavy atom. The third kappa shape index (κ3) is 8.71. The number of halogens is 1. The number of amides is 1. The Kier molecular flexibility index (Phi) is 10.8. The van der Waals surface area contributed by atoms with E-state index < -0.39 is 5.60 Å². The Balaban J connectivity index is 1.06. The lowest BCUT2D eigenvalue weighted by atomic mass is 9.94. The molecule has 10 heteroatoms. The first-order valence-electron chi connectivity index (χ1n) is 18.5. The highest BCUT2D eigenvalue weighted by Gasteiger charge is 2.29. The van der Waals surface area contributed by atoms with Crippen LogP contribution in [0, 0.1) is 11.7 Å². The fourth-order valence-corrected chi connectivity index (χ4v) is 7.14. The van der Waals surface area contributed by atoms with Gasteiger partial charge in [0.1, 0.15) is 30.0 Å². The number of rotatable bonds is 10. The fourth-order valence-electron chi connectivity index (χ4n) is 7.14. The number of hydrogen-bond acceptors (Lipinski definition) is 7. The van der Waals surface area contributed by atoms with Gasteiger partial charge in [0.15, 0.2) is 5.82 Å². The highest BCUT2D eigenvalue weighted by molar-refractivity contribution is 5.96. The lowest BCUT2D eigenvalue weighted by Gasteiger charge is -2.36. The maximum atomic E-state index is 16.5. The average molecular weight is 718 g/mol. The van der Waals surface area contributed by atoms with Crippen LogP contribution in [0.15, 0.2) is 91.0 Å². The van der Waals surface area contributed by atoms with Crippen LogP contribution in [0.3, 0.4) is 0 Å². The van der Waals surface area contributed by atoms with E-state index in [9.17, 15) is 4.79 Å². The van der Waals surface area contributed by atoms with Gasteiger partial charge in [0.05, 0.1) is 5.56 Å². The number of hydrogen-bond donors (Lipinski definition) is 0. The van der Waals surface area contributed by atoms with Gasteiger partial charge in [-0.1, -0.05) is 72.8 Å². The number of pyridine rings is 1. The van der Waals surface area contributed by atoms with Gasteiger partial charge in [0.25, 0.3) is 0 Å². The maximum absolute atomic E-state index is 16.5. The predicted molar refractivity (Wildman–Crippen MR) is 205 cm³/mol. The summed E-state index contributed by atoms with van der Waals surface area (Å²) >= 11 is 0. The predicted octanol–water partition coefficient (Wildman–Crippen LogP) is 8.67. The molecule has 0 N–H and O–H groups in total. The van der Waals surface area contributed by atoms with E-state index in [2.05, 4.69) is 11.0 Å². The number of fused-ring (bicyclic) bond motifs is 1. The van der Waals surface area contributed by atoms with Crippen LogP contribution < -0.4 is 9.47 Å². The minimum absolute atomic E-state index is 0.225. The number of benzene rings is 3. The topological polar surface area (TPSA) is 82.0 Å². The lowest BCUT2D eigenvalue weighted by molar-refractivity contribution is 0.0171. The molecule has 1 fully saturated rings. The quantitative estimate of drug-likeness (QED) is 0.143. The molecule has 0 aliphatic carbocycles. The number of aryl methyl sites for hydroxylation is 1. The van der Waals surface area contributed by atoms with Crippen LogP contribution in [0.1, 0.15) is 56.7 Å². The SMILES string of the molecule is Cn1nc(-c2ccc(OCc3ccccc3)nc2OCc2ccccc2)c2ccc(C3=CCN(CC4CCN(C(=O)OC(C)(C)C)CC4)CC3)c(F)c21. The van der Waals surface area contributed by atoms with Crippen molar-refractivity contribution in [3.05, 3.63) is 114 Å². The van der Waals surface area contributed by atoms with Gasteiger partial charge in [0, 0.05) is 56.8 Å². The van der Waals surface area contributed by atoms with E-state index >= 15 is 4.39 Å². The van der Waals surface area contributed by atoms with E-state index in [0.717, 1.165) is 68.7 Å². The molecule has 2 aliphatic heterocycles.